The van der Waals surface area contributed by atoms with E-state index >= 15 is 0 Å². The first-order chi connectivity index (χ1) is 15.3. The Balaban J connectivity index is 0.000000383. The molecule has 0 radical (unpaired) electrons. The first-order valence-corrected chi connectivity index (χ1v) is 15.9. The summed E-state index contributed by atoms with van der Waals surface area (Å²) in [6.07, 6.45) is 0. The van der Waals surface area contributed by atoms with Gasteiger partial charge in [0, 0.05) is 9.79 Å². The maximum absolute atomic E-state index is 11.1. The molecular weight excluding hydrogens is 541 g/mol. The third-order valence-electron chi connectivity index (χ3n) is 4.00. The molecule has 0 amide bonds. The molecule has 4 aromatic rings. The topological polar surface area (TPSA) is 0 Å². The number of benzene rings is 4. The Morgan fingerprint density at radius 3 is 1.12 bits per heavy atom. The van der Waals surface area contributed by atoms with Crippen LogP contribution in [0.5, 0.6) is 0 Å². The first kappa shape index (κ1) is 25.3. The quantitative estimate of drug-likeness (QED) is 0.133. The number of halogens is 6. The van der Waals surface area contributed by atoms with Gasteiger partial charge in [0.15, 0.2) is 14.7 Å². The Labute approximate surface area is 196 Å². The molecule has 0 aliphatic heterocycles. The van der Waals surface area contributed by atoms with Gasteiger partial charge in [-0.3, -0.25) is 0 Å². The molecule has 4 rings (SSSR count). The van der Waals surface area contributed by atoms with E-state index < -0.39 is 14.2 Å². The molecule has 0 aromatic heterocycles. The van der Waals surface area contributed by atoms with Crippen molar-refractivity contribution < 1.29 is 20.8 Å². The molecule has 0 aliphatic carbocycles. The molecule has 0 saturated carbocycles. The molecule has 0 aliphatic rings. The van der Waals surface area contributed by atoms with Gasteiger partial charge in [0.25, 0.3) is 0 Å². The molecular formula is C24H19AsF6S2. The zero-order valence-electron chi connectivity index (χ0n) is 17.0. The van der Waals surface area contributed by atoms with Gasteiger partial charge in [0.2, 0.25) is 0 Å². The number of hydrogen-bond acceptors (Lipinski definition) is 1. The Bertz CT molecular complexity index is 1100. The monoisotopic (exact) mass is 560 g/mol. The van der Waals surface area contributed by atoms with Crippen LogP contribution in [0.3, 0.4) is 0 Å². The van der Waals surface area contributed by atoms with Crippen molar-refractivity contribution in [3.8, 4) is 0 Å². The SMILES string of the molecule is F[As-](F)(F)(F)(F)F.c1ccc(Sc2ccc([S+](c3ccccc3)c3ccccc3)cc2)cc1. The van der Waals surface area contributed by atoms with Crippen LogP contribution in [0.2, 0.25) is 0 Å². The van der Waals surface area contributed by atoms with Gasteiger partial charge in [0.1, 0.15) is 0 Å². The maximum Gasteiger partial charge on any atom is 0.166 e. The Hall–Kier alpha value is -2.28. The standard InChI is InChI=1S/C24H19S2.AsF6/c1-4-10-20(11-5-1)25-21-16-18-24(19-17-21)26(22-12-6-2-7-13-22)23-14-8-3-9-15-23;2-1(3,4,5,6)7/h1-19H;/q+1;-1. The molecule has 0 unspecified atom stereocenters. The fourth-order valence-corrected chi connectivity index (χ4v) is 5.71. The van der Waals surface area contributed by atoms with E-state index in [1.807, 2.05) is 0 Å². The van der Waals surface area contributed by atoms with Crippen molar-refractivity contribution in [2.75, 3.05) is 0 Å². The van der Waals surface area contributed by atoms with E-state index in [9.17, 15) is 20.8 Å². The predicted molar refractivity (Wildman–Crippen MR) is 124 cm³/mol. The largest absolute Gasteiger partial charge is 0.166 e. The van der Waals surface area contributed by atoms with Crippen LogP contribution in [0.4, 0.5) is 20.8 Å². The van der Waals surface area contributed by atoms with Gasteiger partial charge in [-0.2, -0.15) is 0 Å². The number of hydrogen-bond donors (Lipinski definition) is 0. The van der Waals surface area contributed by atoms with Crippen molar-refractivity contribution >= 4 is 36.8 Å². The van der Waals surface area contributed by atoms with E-state index in [2.05, 4.69) is 115 Å². The summed E-state index contributed by atoms with van der Waals surface area (Å²) < 4.78 is 59.4. The van der Waals surface area contributed by atoms with Gasteiger partial charge in [-0.05, 0) is 60.7 Å². The molecule has 0 N–H and O–H groups in total. The second-order valence-corrected chi connectivity index (χ2v) is 14.0. The Morgan fingerprint density at radius 1 is 0.424 bits per heavy atom. The van der Waals surface area contributed by atoms with Gasteiger partial charge in [-0.1, -0.05) is 66.4 Å². The molecule has 0 nitrogen and oxygen atoms in total. The van der Waals surface area contributed by atoms with Gasteiger partial charge in [-0.15, -0.1) is 0 Å². The van der Waals surface area contributed by atoms with E-state index in [1.54, 1.807) is 11.8 Å². The molecule has 0 fully saturated rings. The molecule has 174 valence electrons. The van der Waals surface area contributed by atoms with E-state index in [0.29, 0.717) is 0 Å². The molecule has 0 atom stereocenters. The average Bonchev–Trinajstić information content (AvgIpc) is 2.75. The molecule has 0 heterocycles. The zero-order chi connectivity index (χ0) is 24.0. The number of rotatable bonds is 5. The van der Waals surface area contributed by atoms with Crippen molar-refractivity contribution in [2.45, 2.75) is 24.5 Å². The van der Waals surface area contributed by atoms with Crippen LogP contribution in [0.1, 0.15) is 0 Å². The summed E-state index contributed by atoms with van der Waals surface area (Å²) in [6.45, 7) is 0. The van der Waals surface area contributed by atoms with E-state index in [4.69, 9.17) is 0 Å². The van der Waals surface area contributed by atoms with E-state index in [1.165, 1.54) is 24.5 Å². The second-order valence-electron chi connectivity index (χ2n) is 6.78. The van der Waals surface area contributed by atoms with Crippen LogP contribution in [-0.4, -0.2) is 14.2 Å². The average molecular weight is 560 g/mol. The summed E-state index contributed by atoms with van der Waals surface area (Å²) in [5.74, 6) is 0. The molecule has 0 saturated heterocycles. The van der Waals surface area contributed by atoms with E-state index in [0.717, 1.165) is 0 Å². The van der Waals surface area contributed by atoms with Gasteiger partial charge in [0.05, 0.1) is 10.9 Å². The summed E-state index contributed by atoms with van der Waals surface area (Å²) in [5, 5.41) is 0. The minimum atomic E-state index is -11.1. The van der Waals surface area contributed by atoms with Gasteiger partial charge >= 0.3 is 35.0 Å². The van der Waals surface area contributed by atoms with Crippen LogP contribution in [0.25, 0.3) is 0 Å². The second kappa shape index (κ2) is 9.53. The summed E-state index contributed by atoms with van der Waals surface area (Å²) >= 11 is -9.26. The predicted octanol–water partition coefficient (Wildman–Crippen LogP) is 9.07. The van der Waals surface area contributed by atoms with Crippen LogP contribution in [0, 0.1) is 0 Å². The smallest absolute Gasteiger partial charge is 0.0901 e. The van der Waals surface area contributed by atoms with Crippen LogP contribution >= 0.6 is 11.8 Å². The fourth-order valence-electron chi connectivity index (χ4n) is 2.79. The van der Waals surface area contributed by atoms with Crippen molar-refractivity contribution in [1.82, 2.24) is 0 Å². The van der Waals surface area contributed by atoms with Crippen LogP contribution in [-0.2, 0) is 10.9 Å². The molecule has 0 bridgehead atoms. The summed E-state index contributed by atoms with van der Waals surface area (Å²) in [6, 6.07) is 41.1. The van der Waals surface area contributed by atoms with Gasteiger partial charge < -0.3 is 0 Å². The van der Waals surface area contributed by atoms with Gasteiger partial charge in [-0.25, -0.2) is 0 Å². The molecule has 9 heteroatoms. The van der Waals surface area contributed by atoms with Crippen LogP contribution in [0.15, 0.2) is 140 Å². The Kier molecular flexibility index (Phi) is 7.32. The Morgan fingerprint density at radius 2 is 0.727 bits per heavy atom. The minimum absolute atomic E-state index is 0.0786. The summed E-state index contributed by atoms with van der Waals surface area (Å²) in [4.78, 5) is 6.58. The van der Waals surface area contributed by atoms with Crippen LogP contribution < -0.4 is 0 Å². The normalized spacial score (nSPS) is 13.4. The van der Waals surface area contributed by atoms with Crippen molar-refractivity contribution in [3.05, 3.63) is 115 Å². The zero-order valence-corrected chi connectivity index (χ0v) is 20.5. The third kappa shape index (κ3) is 10.0. The fraction of sp³-hybridized carbons (Fsp3) is 0. The maximum atomic E-state index is 9.91. The molecule has 0 spiro atoms. The summed E-state index contributed by atoms with van der Waals surface area (Å²) in [5.41, 5.74) is 0. The third-order valence-corrected chi connectivity index (χ3v) is 7.24. The molecule has 4 aromatic carbocycles. The van der Waals surface area contributed by atoms with Crippen molar-refractivity contribution in [1.29, 1.82) is 0 Å². The summed E-state index contributed by atoms with van der Waals surface area (Å²) in [7, 11) is -0.0786. The molecule has 33 heavy (non-hydrogen) atoms. The van der Waals surface area contributed by atoms with Crippen molar-refractivity contribution in [3.63, 3.8) is 0 Å². The van der Waals surface area contributed by atoms with E-state index in [-0.39, 0.29) is 10.9 Å². The first-order valence-electron chi connectivity index (χ1n) is 9.59. The minimum Gasteiger partial charge on any atom is -0.0901 e. The van der Waals surface area contributed by atoms with Crippen molar-refractivity contribution in [2.24, 2.45) is 0 Å².